The van der Waals surface area contributed by atoms with Crippen molar-refractivity contribution in [2.45, 2.75) is 58.2 Å². The molecule has 6 N–H and O–H groups in total. The molecule has 10 heteroatoms. The van der Waals surface area contributed by atoms with Gasteiger partial charge in [-0.05, 0) is 12.3 Å². The summed E-state index contributed by atoms with van der Waals surface area (Å²) in [6.07, 6.45) is -0.0283. The van der Waals surface area contributed by atoms with Crippen LogP contribution in [0.15, 0.2) is 5.29 Å². The van der Waals surface area contributed by atoms with Crippen molar-refractivity contribution in [2.24, 2.45) is 28.8 Å². The lowest BCUT2D eigenvalue weighted by Gasteiger charge is -2.38. The summed E-state index contributed by atoms with van der Waals surface area (Å²) in [5.74, 6) is -4.13. The minimum absolute atomic E-state index is 0.0425. The number of nitrogens with zero attached hydrogens (tertiary/aromatic N) is 2. The molecule has 0 aliphatic heterocycles. The van der Waals surface area contributed by atoms with Crippen LogP contribution in [0.4, 0.5) is 0 Å². The Morgan fingerprint density at radius 2 is 1.96 bits per heavy atom. The maximum atomic E-state index is 11.7. The Morgan fingerprint density at radius 1 is 1.40 bits per heavy atom. The highest BCUT2D eigenvalue weighted by molar-refractivity contribution is 5.76. The van der Waals surface area contributed by atoms with Gasteiger partial charge in [-0.3, -0.25) is 15.0 Å². The third-order valence-corrected chi connectivity index (χ3v) is 5.05. The number of aliphatic hydroxyl groups is 1. The topological polar surface area (TPSA) is 169 Å². The zero-order valence-corrected chi connectivity index (χ0v) is 14.7. The lowest BCUT2D eigenvalue weighted by molar-refractivity contribution is -0.145. The van der Waals surface area contributed by atoms with Crippen LogP contribution in [-0.2, 0) is 9.59 Å². The van der Waals surface area contributed by atoms with E-state index in [1.54, 1.807) is 0 Å². The molecule has 142 valence electrons. The van der Waals surface area contributed by atoms with Gasteiger partial charge in [-0.1, -0.05) is 26.7 Å². The molecule has 0 aromatic carbocycles. The number of nitrogens with two attached hydrogens (primary N) is 1. The average Bonchev–Trinajstić information content (AvgIpc) is 2.84. The van der Waals surface area contributed by atoms with Crippen LogP contribution in [0, 0.1) is 28.1 Å². The number of hydrogen-bond acceptors (Lipinski definition) is 6. The van der Waals surface area contributed by atoms with Crippen LogP contribution >= 0.6 is 0 Å². The van der Waals surface area contributed by atoms with Crippen LogP contribution in [0.25, 0.3) is 0 Å². The quantitative estimate of drug-likeness (QED) is 0.179. The summed E-state index contributed by atoms with van der Waals surface area (Å²) in [6, 6.07) is -1.45. The van der Waals surface area contributed by atoms with Crippen molar-refractivity contribution in [2.75, 3.05) is 0 Å². The normalized spacial score (nSPS) is 26.9. The molecule has 0 radical (unpaired) electrons. The highest BCUT2D eigenvalue weighted by Crippen LogP contribution is 2.40. The number of aliphatic carboxylic acids is 1. The molecule has 0 saturated heterocycles. The van der Waals surface area contributed by atoms with Crippen LogP contribution in [-0.4, -0.2) is 51.2 Å². The van der Waals surface area contributed by atoms with Gasteiger partial charge in [0.15, 0.2) is 0 Å². The second-order valence-electron chi connectivity index (χ2n) is 6.43. The highest BCUT2D eigenvalue weighted by atomic mass is 16.4. The summed E-state index contributed by atoms with van der Waals surface area (Å²) in [5.41, 5.74) is 5.40. The van der Waals surface area contributed by atoms with Crippen molar-refractivity contribution < 1.29 is 19.8 Å². The molecule has 1 aliphatic rings. The molecule has 1 rings (SSSR count). The first-order chi connectivity index (χ1) is 11.7. The molecular formula is C15H27N5O5. The van der Waals surface area contributed by atoms with Crippen LogP contribution in [0.3, 0.4) is 0 Å². The van der Waals surface area contributed by atoms with E-state index in [2.05, 4.69) is 10.6 Å². The zero-order valence-electron chi connectivity index (χ0n) is 14.7. The summed E-state index contributed by atoms with van der Waals surface area (Å²) in [7, 11) is 0. The van der Waals surface area contributed by atoms with Gasteiger partial charge in [-0.15, -0.1) is 4.91 Å². The Labute approximate surface area is 146 Å². The molecule has 0 aromatic heterocycles. The number of nitroso groups, excluding NO2 is 1. The monoisotopic (exact) mass is 357 g/mol. The number of carboxylic acid groups (broad SMARTS) is 1. The molecule has 1 fully saturated rings. The Hall–Kier alpha value is -2.23. The van der Waals surface area contributed by atoms with Crippen LogP contribution in [0.2, 0.25) is 0 Å². The van der Waals surface area contributed by atoms with Crippen LogP contribution in [0.5, 0.6) is 0 Å². The smallest absolute Gasteiger partial charge is 0.309 e. The number of carboxylic acids is 1. The zero-order chi connectivity index (χ0) is 19.3. The Morgan fingerprint density at radius 3 is 2.32 bits per heavy atom. The number of amides is 1. The van der Waals surface area contributed by atoms with Gasteiger partial charge >= 0.3 is 5.97 Å². The minimum atomic E-state index is -1.30. The average molecular weight is 357 g/mol. The Kier molecular flexibility index (Phi) is 7.28. The SMILES string of the molecule is CCC(CC)[C@H](NC(C)=O)[C@@H]1[C@H](O)[C@@H](C(=O)O)C[C@H]1N(N=O)C(=N)N. The fourth-order valence-electron chi connectivity index (χ4n) is 3.86. The Balaban J connectivity index is 3.36. The second-order valence-corrected chi connectivity index (χ2v) is 6.43. The molecule has 0 aromatic rings. The van der Waals surface area contributed by atoms with Crippen molar-refractivity contribution in [3.63, 3.8) is 0 Å². The van der Waals surface area contributed by atoms with Crippen molar-refractivity contribution in [3.8, 4) is 0 Å². The summed E-state index contributed by atoms with van der Waals surface area (Å²) in [5, 5.41) is 33.7. The molecular weight excluding hydrogens is 330 g/mol. The fourth-order valence-corrected chi connectivity index (χ4v) is 3.86. The van der Waals surface area contributed by atoms with E-state index in [0.717, 1.165) is 0 Å². The largest absolute Gasteiger partial charge is 0.481 e. The molecule has 25 heavy (non-hydrogen) atoms. The first-order valence-corrected chi connectivity index (χ1v) is 8.33. The third-order valence-electron chi connectivity index (χ3n) is 5.05. The van der Waals surface area contributed by atoms with E-state index in [1.807, 2.05) is 13.8 Å². The number of carbonyl (C=O) groups excluding carboxylic acids is 1. The molecule has 1 amide bonds. The second kappa shape index (κ2) is 8.75. The number of hydrogen-bond donors (Lipinski definition) is 5. The first-order valence-electron chi connectivity index (χ1n) is 8.33. The van der Waals surface area contributed by atoms with Gasteiger partial charge in [-0.2, -0.15) is 5.01 Å². The summed E-state index contributed by atoms with van der Waals surface area (Å²) in [6.45, 7) is 5.19. The van der Waals surface area contributed by atoms with Gasteiger partial charge in [-0.25, -0.2) is 0 Å². The van der Waals surface area contributed by atoms with Crippen molar-refractivity contribution in [3.05, 3.63) is 4.91 Å². The van der Waals surface area contributed by atoms with E-state index in [0.29, 0.717) is 17.9 Å². The van der Waals surface area contributed by atoms with Crippen molar-refractivity contribution >= 4 is 17.8 Å². The van der Waals surface area contributed by atoms with Gasteiger partial charge in [0.1, 0.15) is 0 Å². The van der Waals surface area contributed by atoms with Crippen molar-refractivity contribution in [1.82, 2.24) is 10.3 Å². The standard InChI is InChI=1S/C15H27N5O5/c1-4-8(5-2)12(18-7(3)21)11-10(20(19-25)15(16)17)6-9(13(11)22)14(23)24/h8-13,22H,4-6H2,1-3H3,(H3,16,17)(H,18,21)(H,23,24)/t9-,10+,11+,12-,13+/m0/s1. The molecule has 10 nitrogen and oxygen atoms in total. The van der Waals surface area contributed by atoms with Crippen LogP contribution < -0.4 is 11.1 Å². The molecule has 0 spiro atoms. The fraction of sp³-hybridized carbons (Fsp3) is 0.800. The van der Waals surface area contributed by atoms with E-state index in [1.165, 1.54) is 6.92 Å². The first kappa shape index (κ1) is 20.8. The minimum Gasteiger partial charge on any atom is -0.481 e. The van der Waals surface area contributed by atoms with Crippen molar-refractivity contribution in [1.29, 1.82) is 5.41 Å². The molecule has 0 unspecified atom stereocenters. The number of guanidine groups is 1. The number of carbonyl (C=O) groups is 2. The summed E-state index contributed by atoms with van der Waals surface area (Å²) in [4.78, 5) is 34.3. The number of nitrogens with one attached hydrogen (secondary N) is 2. The summed E-state index contributed by atoms with van der Waals surface area (Å²) >= 11 is 0. The van der Waals surface area contributed by atoms with Gasteiger partial charge in [0.25, 0.3) is 0 Å². The van der Waals surface area contributed by atoms with Gasteiger partial charge in [0, 0.05) is 18.9 Å². The molecule has 0 bridgehead atoms. The summed E-state index contributed by atoms with van der Waals surface area (Å²) < 4.78 is 0. The molecule has 1 aliphatic carbocycles. The predicted molar refractivity (Wildman–Crippen MR) is 90.3 cm³/mol. The highest BCUT2D eigenvalue weighted by Gasteiger charge is 2.53. The lowest BCUT2D eigenvalue weighted by atomic mass is 9.80. The van der Waals surface area contributed by atoms with E-state index >= 15 is 0 Å². The molecule has 5 atom stereocenters. The molecule has 1 saturated carbocycles. The van der Waals surface area contributed by atoms with Gasteiger partial charge < -0.3 is 21.3 Å². The maximum absolute atomic E-state index is 11.7. The van der Waals surface area contributed by atoms with Crippen LogP contribution in [0.1, 0.15) is 40.0 Å². The maximum Gasteiger partial charge on any atom is 0.309 e. The van der Waals surface area contributed by atoms with E-state index < -0.39 is 42.0 Å². The van der Waals surface area contributed by atoms with E-state index in [9.17, 15) is 24.7 Å². The molecule has 0 heterocycles. The third kappa shape index (κ3) is 4.44. The van der Waals surface area contributed by atoms with E-state index in [4.69, 9.17) is 11.1 Å². The number of aliphatic hydroxyl groups excluding tert-OH is 1. The van der Waals surface area contributed by atoms with Gasteiger partial charge in [0.05, 0.1) is 23.3 Å². The Bertz CT molecular complexity index is 524. The lowest BCUT2D eigenvalue weighted by Crippen LogP contribution is -2.54. The van der Waals surface area contributed by atoms with E-state index in [-0.39, 0.29) is 18.2 Å². The van der Waals surface area contributed by atoms with Gasteiger partial charge in [0.2, 0.25) is 11.9 Å². The predicted octanol–water partition coefficient (Wildman–Crippen LogP) is 0.254. The number of rotatable bonds is 8.